The summed E-state index contributed by atoms with van der Waals surface area (Å²) in [7, 11) is 2.13. The monoisotopic (exact) mass is 567 g/mol. The molecule has 3 aliphatic rings. The Hall–Kier alpha value is -2.82. The molecule has 3 aliphatic heterocycles. The molecule has 1 aromatic heterocycles. The van der Waals surface area contributed by atoms with Gasteiger partial charge in [0.25, 0.3) is 0 Å². The fourth-order valence-corrected chi connectivity index (χ4v) is 7.21. The normalized spacial score (nSPS) is 24.4. The Bertz CT molecular complexity index is 1280. The van der Waals surface area contributed by atoms with Crippen LogP contribution in [-0.4, -0.2) is 90.9 Å². The van der Waals surface area contributed by atoms with Crippen molar-refractivity contribution >= 4 is 34.1 Å². The third-order valence-corrected chi connectivity index (χ3v) is 10.1. The number of hydrogen-bond donors (Lipinski definition) is 1. The lowest BCUT2D eigenvalue weighted by Crippen LogP contribution is -2.47. The minimum Gasteiger partial charge on any atom is -0.367 e. The van der Waals surface area contributed by atoms with Crippen LogP contribution in [0.5, 0.6) is 0 Å². The number of fused-ring (bicyclic) bond motifs is 1. The highest BCUT2D eigenvalue weighted by atomic mass is 32.1. The molecule has 0 radical (unpaired) electrons. The number of ketones is 1. The standard InChI is InChI=1S/C30H41N5O4S/c1-6-18-15-35(25-23(36)16-39-26(18)25)28(38)24(30(3,4)7-2)21-14-19(8-9-20(21)27(31)37)22-17-40-29(32-22)34-12-10-33(5)11-13-34/h8-9,14,17-18,24-26H,6-7,10-13,15-16H2,1-5H3,(H2,31,37)/t18-,24-,25+,26+/m0/s1. The molecule has 40 heavy (non-hydrogen) atoms. The fourth-order valence-electron chi connectivity index (χ4n) is 6.33. The number of carbonyl (C=O) groups is 3. The molecule has 0 aliphatic carbocycles. The van der Waals surface area contributed by atoms with Crippen molar-refractivity contribution in [2.45, 2.75) is 58.6 Å². The zero-order chi connectivity index (χ0) is 28.8. The van der Waals surface area contributed by atoms with Crippen molar-refractivity contribution in [1.82, 2.24) is 14.8 Å². The number of ether oxygens (including phenoxy) is 1. The van der Waals surface area contributed by atoms with Gasteiger partial charge in [-0.2, -0.15) is 0 Å². The number of nitrogens with zero attached hydrogens (tertiary/aromatic N) is 4. The second kappa shape index (κ2) is 11.2. The van der Waals surface area contributed by atoms with E-state index in [2.05, 4.69) is 23.8 Å². The Kier molecular flexibility index (Phi) is 8.05. The van der Waals surface area contributed by atoms with Crippen molar-refractivity contribution < 1.29 is 19.1 Å². The first kappa shape index (κ1) is 28.7. The summed E-state index contributed by atoms with van der Waals surface area (Å²) in [5.74, 6) is -1.33. The molecule has 5 rings (SSSR count). The molecule has 2 N–H and O–H groups in total. The van der Waals surface area contributed by atoms with Crippen LogP contribution < -0.4 is 10.6 Å². The summed E-state index contributed by atoms with van der Waals surface area (Å²) in [5.41, 5.74) is 7.95. The smallest absolute Gasteiger partial charge is 0.249 e. The van der Waals surface area contributed by atoms with Crippen LogP contribution in [-0.2, 0) is 14.3 Å². The summed E-state index contributed by atoms with van der Waals surface area (Å²) < 4.78 is 5.84. The van der Waals surface area contributed by atoms with Gasteiger partial charge >= 0.3 is 0 Å². The van der Waals surface area contributed by atoms with Gasteiger partial charge in [0.15, 0.2) is 10.9 Å². The lowest BCUT2D eigenvalue weighted by molar-refractivity contribution is -0.140. The van der Waals surface area contributed by atoms with Crippen molar-refractivity contribution in [3.8, 4) is 11.3 Å². The number of aromatic nitrogens is 1. The molecule has 3 saturated heterocycles. The summed E-state index contributed by atoms with van der Waals surface area (Å²) in [6.45, 7) is 12.5. The first-order chi connectivity index (χ1) is 19.1. The largest absolute Gasteiger partial charge is 0.367 e. The van der Waals surface area contributed by atoms with Gasteiger partial charge in [0.2, 0.25) is 11.8 Å². The number of Topliss-reactive ketones (excluding diaryl/α,β-unsaturated/α-hetero) is 1. The highest BCUT2D eigenvalue weighted by molar-refractivity contribution is 7.14. The molecular formula is C30H41N5O4S. The molecule has 216 valence electrons. The summed E-state index contributed by atoms with van der Waals surface area (Å²) in [4.78, 5) is 51.3. The van der Waals surface area contributed by atoms with Crippen LogP contribution in [0, 0.1) is 11.3 Å². The number of carbonyl (C=O) groups excluding carboxylic acids is 3. The molecule has 0 bridgehead atoms. The molecule has 2 aromatic rings. The zero-order valence-corrected chi connectivity index (χ0v) is 25.0. The molecule has 9 nitrogen and oxygen atoms in total. The quantitative estimate of drug-likeness (QED) is 0.521. The van der Waals surface area contributed by atoms with Crippen molar-refractivity contribution in [2.24, 2.45) is 17.1 Å². The van der Waals surface area contributed by atoms with E-state index in [1.54, 1.807) is 22.3 Å². The van der Waals surface area contributed by atoms with E-state index in [4.69, 9.17) is 15.5 Å². The summed E-state index contributed by atoms with van der Waals surface area (Å²) in [5, 5.41) is 3.00. The van der Waals surface area contributed by atoms with E-state index in [1.165, 1.54) is 0 Å². The van der Waals surface area contributed by atoms with E-state index in [0.29, 0.717) is 24.1 Å². The second-order valence-corrected chi connectivity index (χ2v) is 12.9. The van der Waals surface area contributed by atoms with Crippen molar-refractivity contribution in [1.29, 1.82) is 0 Å². The molecule has 2 amide bonds. The Balaban J connectivity index is 1.54. The number of piperazine rings is 1. The zero-order valence-electron chi connectivity index (χ0n) is 24.2. The Morgan fingerprint density at radius 2 is 1.93 bits per heavy atom. The Morgan fingerprint density at radius 1 is 1.20 bits per heavy atom. The van der Waals surface area contributed by atoms with E-state index < -0.39 is 23.3 Å². The number of likely N-dealkylation sites (N-methyl/N-ethyl adjacent to an activating group) is 1. The average molecular weight is 568 g/mol. The van der Waals surface area contributed by atoms with Crippen LogP contribution in [0.1, 0.15) is 62.4 Å². The highest BCUT2D eigenvalue weighted by Crippen LogP contribution is 2.45. The Morgan fingerprint density at radius 3 is 2.58 bits per heavy atom. The average Bonchev–Trinajstić information content (AvgIpc) is 3.66. The maximum Gasteiger partial charge on any atom is 0.249 e. The van der Waals surface area contributed by atoms with Gasteiger partial charge in [0.1, 0.15) is 12.6 Å². The number of likely N-dealkylation sites (tertiary alicyclic amines) is 1. The maximum absolute atomic E-state index is 14.5. The van der Waals surface area contributed by atoms with Gasteiger partial charge in [-0.25, -0.2) is 4.98 Å². The van der Waals surface area contributed by atoms with Crippen molar-refractivity contribution in [3.05, 3.63) is 34.7 Å². The van der Waals surface area contributed by atoms with Gasteiger partial charge in [-0.1, -0.05) is 33.8 Å². The number of amides is 2. The Labute approximate surface area is 240 Å². The van der Waals surface area contributed by atoms with Gasteiger partial charge in [-0.3, -0.25) is 14.4 Å². The number of rotatable bonds is 8. The van der Waals surface area contributed by atoms with Crippen LogP contribution in [0.4, 0.5) is 5.13 Å². The topological polar surface area (TPSA) is 109 Å². The number of thiazole rings is 1. The maximum atomic E-state index is 14.5. The predicted molar refractivity (Wildman–Crippen MR) is 157 cm³/mol. The molecular weight excluding hydrogens is 526 g/mol. The fraction of sp³-hybridized carbons (Fsp3) is 0.600. The van der Waals surface area contributed by atoms with Gasteiger partial charge in [-0.05, 0) is 43.0 Å². The van der Waals surface area contributed by atoms with Gasteiger partial charge < -0.3 is 25.2 Å². The van der Waals surface area contributed by atoms with Crippen LogP contribution in [0.3, 0.4) is 0 Å². The van der Waals surface area contributed by atoms with Crippen molar-refractivity contribution in [2.75, 3.05) is 51.3 Å². The lowest BCUT2D eigenvalue weighted by atomic mass is 9.70. The predicted octanol–water partition coefficient (Wildman–Crippen LogP) is 3.39. The molecule has 0 unspecified atom stereocenters. The highest BCUT2D eigenvalue weighted by Gasteiger charge is 2.54. The molecule has 4 heterocycles. The van der Waals surface area contributed by atoms with Crippen molar-refractivity contribution in [3.63, 3.8) is 0 Å². The van der Waals surface area contributed by atoms with Gasteiger partial charge in [0.05, 0.1) is 17.7 Å². The summed E-state index contributed by atoms with van der Waals surface area (Å²) >= 11 is 1.61. The second-order valence-electron chi connectivity index (χ2n) is 12.1. The minimum atomic E-state index is -0.666. The van der Waals surface area contributed by atoms with E-state index in [-0.39, 0.29) is 30.3 Å². The van der Waals surface area contributed by atoms with Crippen LogP contribution in [0.2, 0.25) is 0 Å². The number of anilines is 1. The van der Waals surface area contributed by atoms with Crippen LogP contribution in [0.25, 0.3) is 11.3 Å². The van der Waals surface area contributed by atoms with Gasteiger partial charge in [0, 0.05) is 55.1 Å². The van der Waals surface area contributed by atoms with Crippen LogP contribution >= 0.6 is 11.3 Å². The first-order valence-electron chi connectivity index (χ1n) is 14.3. The van der Waals surface area contributed by atoms with E-state index in [0.717, 1.165) is 49.0 Å². The van der Waals surface area contributed by atoms with Gasteiger partial charge in [-0.15, -0.1) is 11.3 Å². The number of nitrogens with two attached hydrogens (primary N) is 1. The third kappa shape index (κ3) is 5.17. The minimum absolute atomic E-state index is 0.0406. The molecule has 1 aromatic carbocycles. The first-order valence-corrected chi connectivity index (χ1v) is 15.2. The number of primary amides is 1. The molecule has 3 fully saturated rings. The molecule has 4 atom stereocenters. The summed E-state index contributed by atoms with van der Waals surface area (Å²) in [6.07, 6.45) is 1.25. The summed E-state index contributed by atoms with van der Waals surface area (Å²) in [6, 6.07) is 4.93. The number of benzene rings is 1. The number of hydrogen-bond acceptors (Lipinski definition) is 8. The SMILES string of the molecule is CC[C@H]1CN(C(=O)[C@H](c2cc(-c3csc(N4CCN(C)CC4)n3)ccc2C(N)=O)C(C)(C)CC)[C@@H]2C(=O)CO[C@H]12. The van der Waals surface area contributed by atoms with Crippen LogP contribution in [0.15, 0.2) is 23.6 Å². The molecule has 0 saturated carbocycles. The third-order valence-electron chi connectivity index (χ3n) is 9.23. The lowest BCUT2D eigenvalue weighted by Gasteiger charge is -2.37. The molecule has 10 heteroatoms. The molecule has 0 spiro atoms. The van der Waals surface area contributed by atoms with E-state index >= 15 is 0 Å². The van der Waals surface area contributed by atoms with E-state index in [1.807, 2.05) is 38.3 Å². The van der Waals surface area contributed by atoms with E-state index in [9.17, 15) is 14.4 Å².